The summed E-state index contributed by atoms with van der Waals surface area (Å²) in [5.41, 5.74) is 0. The predicted molar refractivity (Wildman–Crippen MR) is 60.9 cm³/mol. The molecule has 16 heavy (non-hydrogen) atoms. The molecule has 4 heteroatoms. The number of hydrogen-bond acceptors (Lipinski definition) is 4. The second-order valence-corrected chi connectivity index (χ2v) is 3.74. The van der Waals surface area contributed by atoms with E-state index in [0.29, 0.717) is 19.5 Å². The van der Waals surface area contributed by atoms with Gasteiger partial charge < -0.3 is 9.47 Å². The third kappa shape index (κ3) is 7.26. The topological polar surface area (TPSA) is 52.6 Å². The monoisotopic (exact) mass is 230 g/mol. The van der Waals surface area contributed by atoms with Gasteiger partial charge in [-0.15, -0.1) is 0 Å². The maximum Gasteiger partial charge on any atom is 0.347 e. The standard InChI is InChI=1S/C12H22O4/c1-3-5-7-9-15-12(14)11(16-10-13)8-6-4-2/h10-11H,3-9H2,1-2H3. The Kier molecular flexibility index (Phi) is 9.76. The van der Waals surface area contributed by atoms with E-state index in [-0.39, 0.29) is 0 Å². The predicted octanol–water partition coefficient (Wildman–Crippen LogP) is 2.45. The molecule has 0 aromatic heterocycles. The highest BCUT2D eigenvalue weighted by Crippen LogP contribution is 2.07. The molecule has 0 aromatic carbocycles. The molecule has 0 saturated heterocycles. The van der Waals surface area contributed by atoms with Crippen molar-refractivity contribution in [1.29, 1.82) is 0 Å². The first-order valence-corrected chi connectivity index (χ1v) is 6.02. The van der Waals surface area contributed by atoms with Crippen LogP contribution in [-0.4, -0.2) is 25.2 Å². The van der Waals surface area contributed by atoms with Crippen molar-refractivity contribution in [3.8, 4) is 0 Å². The van der Waals surface area contributed by atoms with Crippen molar-refractivity contribution in [3.05, 3.63) is 0 Å². The zero-order valence-corrected chi connectivity index (χ0v) is 10.2. The van der Waals surface area contributed by atoms with Gasteiger partial charge in [0, 0.05) is 0 Å². The first kappa shape index (κ1) is 14.9. The number of unbranched alkanes of at least 4 members (excludes halogenated alkanes) is 3. The van der Waals surface area contributed by atoms with Crippen molar-refractivity contribution >= 4 is 12.4 Å². The highest BCUT2D eigenvalue weighted by atomic mass is 16.6. The fourth-order valence-electron chi connectivity index (χ4n) is 1.32. The van der Waals surface area contributed by atoms with Crippen molar-refractivity contribution in [2.45, 2.75) is 58.5 Å². The Labute approximate surface area is 97.3 Å². The smallest absolute Gasteiger partial charge is 0.347 e. The average Bonchev–Trinajstić information content (AvgIpc) is 2.29. The van der Waals surface area contributed by atoms with Crippen LogP contribution in [0.1, 0.15) is 52.4 Å². The minimum Gasteiger partial charge on any atom is -0.463 e. The Morgan fingerprint density at radius 1 is 1.19 bits per heavy atom. The lowest BCUT2D eigenvalue weighted by Crippen LogP contribution is -2.26. The molecule has 0 fully saturated rings. The van der Waals surface area contributed by atoms with Gasteiger partial charge in [0.2, 0.25) is 0 Å². The molecule has 0 aromatic rings. The van der Waals surface area contributed by atoms with Crippen LogP contribution in [-0.2, 0) is 19.1 Å². The fourth-order valence-corrected chi connectivity index (χ4v) is 1.32. The maximum atomic E-state index is 11.5. The van der Waals surface area contributed by atoms with E-state index in [2.05, 4.69) is 6.92 Å². The van der Waals surface area contributed by atoms with Crippen molar-refractivity contribution in [3.63, 3.8) is 0 Å². The molecule has 94 valence electrons. The zero-order valence-electron chi connectivity index (χ0n) is 10.2. The van der Waals surface area contributed by atoms with Gasteiger partial charge in [-0.1, -0.05) is 33.1 Å². The number of carbonyl (C=O) groups excluding carboxylic acids is 2. The van der Waals surface area contributed by atoms with Crippen LogP contribution < -0.4 is 0 Å². The molecule has 0 aliphatic carbocycles. The molecule has 0 heterocycles. The fraction of sp³-hybridized carbons (Fsp3) is 0.833. The normalized spacial score (nSPS) is 11.9. The summed E-state index contributed by atoms with van der Waals surface area (Å²) in [5.74, 6) is -0.420. The van der Waals surface area contributed by atoms with E-state index in [9.17, 15) is 9.59 Å². The Balaban J connectivity index is 3.81. The van der Waals surface area contributed by atoms with E-state index < -0.39 is 12.1 Å². The van der Waals surface area contributed by atoms with Crippen LogP contribution in [0.5, 0.6) is 0 Å². The third-order valence-electron chi connectivity index (χ3n) is 2.29. The molecule has 0 spiro atoms. The van der Waals surface area contributed by atoms with Gasteiger partial charge in [0.15, 0.2) is 6.10 Å². The van der Waals surface area contributed by atoms with E-state index in [4.69, 9.17) is 9.47 Å². The summed E-state index contributed by atoms with van der Waals surface area (Å²) in [4.78, 5) is 21.7. The van der Waals surface area contributed by atoms with E-state index in [1.165, 1.54) is 0 Å². The van der Waals surface area contributed by atoms with Crippen LogP contribution in [0, 0.1) is 0 Å². The minimum atomic E-state index is -0.723. The van der Waals surface area contributed by atoms with Crippen LogP contribution in [0.3, 0.4) is 0 Å². The summed E-state index contributed by atoms with van der Waals surface area (Å²) in [6, 6.07) is 0. The van der Waals surface area contributed by atoms with E-state index in [1.54, 1.807) is 0 Å². The van der Waals surface area contributed by atoms with Gasteiger partial charge in [0.25, 0.3) is 6.47 Å². The molecule has 0 rings (SSSR count). The molecule has 0 aliphatic heterocycles. The first-order valence-electron chi connectivity index (χ1n) is 6.02. The van der Waals surface area contributed by atoms with Gasteiger partial charge in [-0.25, -0.2) is 4.79 Å². The number of rotatable bonds is 10. The molecule has 1 atom stereocenters. The van der Waals surface area contributed by atoms with E-state index in [0.717, 1.165) is 32.1 Å². The molecular weight excluding hydrogens is 208 g/mol. The van der Waals surface area contributed by atoms with E-state index in [1.807, 2.05) is 6.92 Å². The van der Waals surface area contributed by atoms with Crippen molar-refractivity contribution in [2.75, 3.05) is 6.61 Å². The highest BCUT2D eigenvalue weighted by molar-refractivity contribution is 5.75. The lowest BCUT2D eigenvalue weighted by molar-refractivity contribution is -0.162. The van der Waals surface area contributed by atoms with Crippen molar-refractivity contribution in [1.82, 2.24) is 0 Å². The first-order chi connectivity index (χ1) is 7.76. The molecule has 4 nitrogen and oxygen atoms in total. The summed E-state index contributed by atoms with van der Waals surface area (Å²) in [5, 5.41) is 0. The number of ether oxygens (including phenoxy) is 2. The van der Waals surface area contributed by atoms with Gasteiger partial charge in [0.05, 0.1) is 6.61 Å². The van der Waals surface area contributed by atoms with Gasteiger partial charge >= 0.3 is 5.97 Å². The molecule has 0 radical (unpaired) electrons. The molecule has 0 aliphatic rings. The van der Waals surface area contributed by atoms with Crippen LogP contribution in [0.25, 0.3) is 0 Å². The van der Waals surface area contributed by atoms with Crippen molar-refractivity contribution in [2.24, 2.45) is 0 Å². The summed E-state index contributed by atoms with van der Waals surface area (Å²) in [6.07, 6.45) is 4.62. The molecular formula is C12H22O4. The van der Waals surface area contributed by atoms with Gasteiger partial charge in [-0.3, -0.25) is 4.79 Å². The Hall–Kier alpha value is -1.06. The average molecular weight is 230 g/mol. The second kappa shape index (κ2) is 10.5. The quantitative estimate of drug-likeness (QED) is 0.328. The third-order valence-corrected chi connectivity index (χ3v) is 2.29. The van der Waals surface area contributed by atoms with E-state index >= 15 is 0 Å². The van der Waals surface area contributed by atoms with Crippen LogP contribution in [0.2, 0.25) is 0 Å². The van der Waals surface area contributed by atoms with Gasteiger partial charge in [-0.05, 0) is 19.3 Å². The summed E-state index contributed by atoms with van der Waals surface area (Å²) >= 11 is 0. The highest BCUT2D eigenvalue weighted by Gasteiger charge is 2.20. The molecule has 1 unspecified atom stereocenters. The SMILES string of the molecule is CCCCCOC(=O)C(CCCC)OC=O. The largest absolute Gasteiger partial charge is 0.463 e. The Bertz CT molecular complexity index is 191. The zero-order chi connectivity index (χ0) is 12.2. The van der Waals surface area contributed by atoms with Crippen LogP contribution in [0.15, 0.2) is 0 Å². The number of carbonyl (C=O) groups is 2. The number of esters is 1. The molecule has 0 saturated carbocycles. The van der Waals surface area contributed by atoms with Gasteiger partial charge in [0.1, 0.15) is 0 Å². The second-order valence-electron chi connectivity index (χ2n) is 3.74. The summed E-state index contributed by atoms with van der Waals surface area (Å²) < 4.78 is 9.74. The Morgan fingerprint density at radius 3 is 2.44 bits per heavy atom. The Morgan fingerprint density at radius 2 is 1.88 bits per heavy atom. The summed E-state index contributed by atoms with van der Waals surface area (Å²) in [7, 11) is 0. The molecule has 0 N–H and O–H groups in total. The number of hydrogen-bond donors (Lipinski definition) is 0. The van der Waals surface area contributed by atoms with Crippen molar-refractivity contribution < 1.29 is 19.1 Å². The van der Waals surface area contributed by atoms with Crippen LogP contribution in [0.4, 0.5) is 0 Å². The van der Waals surface area contributed by atoms with Gasteiger partial charge in [-0.2, -0.15) is 0 Å². The minimum absolute atomic E-state index is 0.313. The molecule has 0 amide bonds. The summed E-state index contributed by atoms with van der Waals surface area (Å²) in [6.45, 7) is 4.83. The lowest BCUT2D eigenvalue weighted by atomic mass is 10.1. The maximum absolute atomic E-state index is 11.5. The van der Waals surface area contributed by atoms with Crippen LogP contribution >= 0.6 is 0 Å². The lowest BCUT2D eigenvalue weighted by Gasteiger charge is -2.13. The molecule has 0 bridgehead atoms.